The van der Waals surface area contributed by atoms with E-state index >= 15 is 0 Å². The number of aryl methyl sites for hydroxylation is 2. The maximum atomic E-state index is 6.60. The third-order valence-corrected chi connectivity index (χ3v) is 8.19. The van der Waals surface area contributed by atoms with Crippen molar-refractivity contribution in [1.29, 1.82) is 0 Å². The number of benzene rings is 6. The highest BCUT2D eigenvalue weighted by molar-refractivity contribution is 6.07. The van der Waals surface area contributed by atoms with Gasteiger partial charge in [-0.05, 0) is 96.8 Å². The molecule has 0 atom stereocenters. The average molecular weight is 559 g/mol. The molecule has 3 nitrogen and oxygen atoms in total. The average Bonchev–Trinajstić information content (AvgIpc) is 3.44. The number of furan rings is 1. The molecule has 210 valence electrons. The summed E-state index contributed by atoms with van der Waals surface area (Å²) in [5.74, 6) is 0. The number of rotatable bonds is 8. The molecule has 0 radical (unpaired) electrons. The fourth-order valence-corrected chi connectivity index (χ4v) is 5.84. The van der Waals surface area contributed by atoms with Crippen LogP contribution in [0.1, 0.15) is 25.0 Å². The van der Waals surface area contributed by atoms with Crippen molar-refractivity contribution in [2.24, 2.45) is 0 Å². The first-order valence-corrected chi connectivity index (χ1v) is 15.1. The Morgan fingerprint density at radius 2 is 0.744 bits per heavy atom. The van der Waals surface area contributed by atoms with E-state index in [9.17, 15) is 0 Å². The molecular weight excluding hydrogens is 524 g/mol. The van der Waals surface area contributed by atoms with E-state index in [0.717, 1.165) is 68.9 Å². The van der Waals surface area contributed by atoms with Gasteiger partial charge in [-0.25, -0.2) is 0 Å². The van der Waals surface area contributed by atoms with E-state index in [0.29, 0.717) is 0 Å². The summed E-state index contributed by atoms with van der Waals surface area (Å²) in [6.07, 6.45) is 2.04. The molecule has 0 N–H and O–H groups in total. The van der Waals surface area contributed by atoms with E-state index in [2.05, 4.69) is 169 Å². The molecule has 0 spiro atoms. The van der Waals surface area contributed by atoms with Gasteiger partial charge in [0.15, 0.2) is 0 Å². The number of anilines is 6. The maximum absolute atomic E-state index is 6.60. The van der Waals surface area contributed by atoms with Crippen molar-refractivity contribution < 1.29 is 4.42 Å². The molecule has 7 rings (SSSR count). The molecule has 43 heavy (non-hydrogen) atoms. The molecular formula is C40H34N2O. The van der Waals surface area contributed by atoms with Crippen molar-refractivity contribution in [2.45, 2.75) is 26.7 Å². The molecule has 0 unspecified atom stereocenters. The normalized spacial score (nSPS) is 11.2. The number of para-hydroxylation sites is 2. The van der Waals surface area contributed by atoms with Crippen LogP contribution in [0.5, 0.6) is 0 Å². The SMILES string of the molecule is CCc1ccc(N(c2ccccc2)c2ccc3c(c2)oc2cc(N(c4ccccc4)c4ccc(CC)cc4)ccc23)cc1. The molecule has 0 aliphatic carbocycles. The maximum Gasteiger partial charge on any atom is 0.137 e. The minimum atomic E-state index is 0.870. The Morgan fingerprint density at radius 1 is 0.395 bits per heavy atom. The van der Waals surface area contributed by atoms with Gasteiger partial charge in [-0.2, -0.15) is 0 Å². The van der Waals surface area contributed by atoms with Crippen LogP contribution in [0.25, 0.3) is 21.9 Å². The first-order chi connectivity index (χ1) is 21.2. The van der Waals surface area contributed by atoms with Crippen molar-refractivity contribution in [1.82, 2.24) is 0 Å². The minimum Gasteiger partial charge on any atom is -0.456 e. The summed E-state index contributed by atoms with van der Waals surface area (Å²) >= 11 is 0. The fraction of sp³-hybridized carbons (Fsp3) is 0.100. The number of nitrogens with zero attached hydrogens (tertiary/aromatic N) is 2. The van der Waals surface area contributed by atoms with Crippen LogP contribution in [0, 0.1) is 0 Å². The summed E-state index contributed by atoms with van der Waals surface area (Å²) in [6.45, 7) is 4.37. The summed E-state index contributed by atoms with van der Waals surface area (Å²) in [5, 5.41) is 2.22. The number of hydrogen-bond donors (Lipinski definition) is 0. The zero-order chi connectivity index (χ0) is 29.2. The van der Waals surface area contributed by atoms with Crippen LogP contribution in [-0.4, -0.2) is 0 Å². The van der Waals surface area contributed by atoms with Gasteiger partial charge in [-0.3, -0.25) is 0 Å². The van der Waals surface area contributed by atoms with Crippen LogP contribution in [0.2, 0.25) is 0 Å². The lowest BCUT2D eigenvalue weighted by Gasteiger charge is -2.25. The second-order valence-electron chi connectivity index (χ2n) is 10.8. The molecule has 0 bridgehead atoms. The first-order valence-electron chi connectivity index (χ1n) is 15.1. The standard InChI is InChI=1S/C40H34N2O/c1-3-29-15-19-33(20-16-29)41(31-11-7-5-8-12-31)35-23-25-37-38-26-24-36(28-40(38)43-39(37)27-35)42(32-13-9-6-10-14-32)34-21-17-30(4-2)18-22-34/h5-28H,3-4H2,1-2H3. The van der Waals surface area contributed by atoms with Crippen molar-refractivity contribution in [2.75, 3.05) is 9.80 Å². The lowest BCUT2D eigenvalue weighted by molar-refractivity contribution is 0.669. The van der Waals surface area contributed by atoms with E-state index in [-0.39, 0.29) is 0 Å². The third kappa shape index (κ3) is 5.15. The predicted molar refractivity (Wildman–Crippen MR) is 182 cm³/mol. The van der Waals surface area contributed by atoms with Crippen molar-refractivity contribution in [3.63, 3.8) is 0 Å². The van der Waals surface area contributed by atoms with Gasteiger partial charge in [0.25, 0.3) is 0 Å². The predicted octanol–water partition coefficient (Wildman–Crippen LogP) is 11.7. The van der Waals surface area contributed by atoms with Gasteiger partial charge >= 0.3 is 0 Å². The van der Waals surface area contributed by atoms with Gasteiger partial charge in [0, 0.05) is 57.0 Å². The highest BCUT2D eigenvalue weighted by Crippen LogP contribution is 2.41. The Balaban J connectivity index is 1.33. The Kier molecular flexibility index (Phi) is 7.14. The molecule has 0 aliphatic heterocycles. The summed E-state index contributed by atoms with van der Waals surface area (Å²) < 4.78 is 6.60. The molecule has 3 heteroatoms. The first kappa shape index (κ1) is 26.6. The molecule has 0 saturated heterocycles. The van der Waals surface area contributed by atoms with Crippen LogP contribution >= 0.6 is 0 Å². The topological polar surface area (TPSA) is 19.6 Å². The molecule has 6 aromatic carbocycles. The Hall–Kier alpha value is -5.28. The second-order valence-corrected chi connectivity index (χ2v) is 10.8. The van der Waals surface area contributed by atoms with Crippen LogP contribution in [0.4, 0.5) is 34.1 Å². The highest BCUT2D eigenvalue weighted by atomic mass is 16.3. The Morgan fingerprint density at radius 3 is 1.12 bits per heavy atom. The van der Waals surface area contributed by atoms with Crippen molar-refractivity contribution >= 4 is 56.1 Å². The van der Waals surface area contributed by atoms with Gasteiger partial charge in [0.05, 0.1) is 0 Å². The summed E-state index contributed by atoms with van der Waals surface area (Å²) in [6, 6.07) is 51.7. The molecule has 0 saturated carbocycles. The Labute approximate surface area is 253 Å². The van der Waals surface area contributed by atoms with Crippen LogP contribution in [0.3, 0.4) is 0 Å². The van der Waals surface area contributed by atoms with E-state index in [1.807, 2.05) is 0 Å². The summed E-state index contributed by atoms with van der Waals surface area (Å²) in [5.41, 5.74) is 11.0. The van der Waals surface area contributed by atoms with E-state index in [1.165, 1.54) is 11.1 Å². The van der Waals surface area contributed by atoms with E-state index in [1.54, 1.807) is 0 Å². The van der Waals surface area contributed by atoms with Gasteiger partial charge in [-0.1, -0.05) is 74.5 Å². The molecule has 1 aromatic heterocycles. The van der Waals surface area contributed by atoms with Gasteiger partial charge in [0.2, 0.25) is 0 Å². The zero-order valence-corrected chi connectivity index (χ0v) is 24.6. The lowest BCUT2D eigenvalue weighted by Crippen LogP contribution is -2.09. The highest BCUT2D eigenvalue weighted by Gasteiger charge is 2.18. The number of hydrogen-bond acceptors (Lipinski definition) is 3. The largest absolute Gasteiger partial charge is 0.456 e. The second kappa shape index (κ2) is 11.5. The summed E-state index contributed by atoms with van der Waals surface area (Å²) in [7, 11) is 0. The molecule has 1 heterocycles. The van der Waals surface area contributed by atoms with Gasteiger partial charge in [-0.15, -0.1) is 0 Å². The van der Waals surface area contributed by atoms with Gasteiger partial charge < -0.3 is 14.2 Å². The van der Waals surface area contributed by atoms with Crippen LogP contribution in [-0.2, 0) is 12.8 Å². The minimum absolute atomic E-state index is 0.870. The molecule has 7 aromatic rings. The van der Waals surface area contributed by atoms with E-state index < -0.39 is 0 Å². The van der Waals surface area contributed by atoms with Crippen LogP contribution < -0.4 is 9.80 Å². The molecule has 0 aliphatic rings. The molecule has 0 amide bonds. The quantitative estimate of drug-likeness (QED) is 0.185. The monoisotopic (exact) mass is 558 g/mol. The van der Waals surface area contributed by atoms with Crippen molar-refractivity contribution in [3.8, 4) is 0 Å². The Bertz CT molecular complexity index is 1830. The lowest BCUT2D eigenvalue weighted by atomic mass is 10.1. The fourth-order valence-electron chi connectivity index (χ4n) is 5.84. The zero-order valence-electron chi connectivity index (χ0n) is 24.6. The van der Waals surface area contributed by atoms with E-state index in [4.69, 9.17) is 4.42 Å². The van der Waals surface area contributed by atoms with Crippen molar-refractivity contribution in [3.05, 3.63) is 157 Å². The molecule has 0 fully saturated rings. The van der Waals surface area contributed by atoms with Gasteiger partial charge in [0.1, 0.15) is 11.2 Å². The number of fused-ring (bicyclic) bond motifs is 3. The summed E-state index contributed by atoms with van der Waals surface area (Å²) in [4.78, 5) is 4.57. The van der Waals surface area contributed by atoms with Crippen LogP contribution in [0.15, 0.2) is 150 Å². The third-order valence-electron chi connectivity index (χ3n) is 8.19. The smallest absolute Gasteiger partial charge is 0.137 e.